The van der Waals surface area contributed by atoms with Crippen LogP contribution in [0.25, 0.3) is 0 Å². The van der Waals surface area contributed by atoms with Crippen LogP contribution in [0.2, 0.25) is 0 Å². The number of rotatable bonds is 9. The smallest absolute Gasteiger partial charge is 0.306 e. The number of hydrogen-bond acceptors (Lipinski definition) is 3. The molecule has 0 heterocycles. The van der Waals surface area contributed by atoms with Crippen molar-refractivity contribution in [2.45, 2.75) is 71.4 Å². The van der Waals surface area contributed by atoms with E-state index in [1.807, 2.05) is 0 Å². The Hall–Kier alpha value is -1.79. The van der Waals surface area contributed by atoms with Crippen LogP contribution in [0, 0.1) is 17.8 Å². The average molecular weight is 340 g/mol. The van der Waals surface area contributed by atoms with Crippen LogP contribution in [0.3, 0.4) is 0 Å². The number of guanidine groups is 1. The number of amides is 1. The number of hydrogen-bond donors (Lipinski definition) is 4. The number of aliphatic imine (C=N–C) groups is 1. The molecule has 0 radical (unpaired) electrons. The molecule has 1 aliphatic carbocycles. The van der Waals surface area contributed by atoms with Crippen LogP contribution >= 0.6 is 0 Å². The van der Waals surface area contributed by atoms with E-state index in [0.717, 1.165) is 25.7 Å². The number of carbonyl (C=O) groups excluding carboxylic acids is 1. The van der Waals surface area contributed by atoms with Crippen LogP contribution in [0.5, 0.6) is 0 Å². The molecule has 24 heavy (non-hydrogen) atoms. The molecule has 0 aromatic heterocycles. The highest BCUT2D eigenvalue weighted by Gasteiger charge is 2.44. The summed E-state index contributed by atoms with van der Waals surface area (Å²) in [6, 6.07) is -0.357. The van der Waals surface area contributed by atoms with Crippen LogP contribution in [-0.4, -0.2) is 35.0 Å². The van der Waals surface area contributed by atoms with E-state index < -0.39 is 11.9 Å². The quantitative estimate of drug-likeness (QED) is 0.373. The second kappa shape index (κ2) is 9.49. The monoisotopic (exact) mass is 340 g/mol. The second-order valence-corrected chi connectivity index (χ2v) is 6.86. The zero-order valence-corrected chi connectivity index (χ0v) is 15.0. The van der Waals surface area contributed by atoms with Gasteiger partial charge >= 0.3 is 5.97 Å². The van der Waals surface area contributed by atoms with Crippen molar-refractivity contribution in [3.05, 3.63) is 0 Å². The highest BCUT2D eigenvalue weighted by atomic mass is 16.4. The van der Waals surface area contributed by atoms with E-state index in [9.17, 15) is 14.7 Å². The minimum absolute atomic E-state index is 0.0276. The number of nitrogens with two attached hydrogens (primary N) is 2. The molecule has 0 aromatic carbocycles. The highest BCUT2D eigenvalue weighted by Crippen LogP contribution is 2.39. The molecule has 1 fully saturated rings. The summed E-state index contributed by atoms with van der Waals surface area (Å²) in [6.07, 6.45) is 4.92. The third kappa shape index (κ3) is 5.69. The molecule has 1 rings (SSSR count). The molecule has 138 valence electrons. The molecular formula is C17H32N4O3. The molecule has 7 nitrogen and oxygen atoms in total. The fraction of sp³-hybridized carbons (Fsp3) is 0.824. The summed E-state index contributed by atoms with van der Waals surface area (Å²) in [5.74, 6) is -1.17. The molecule has 0 bridgehead atoms. The molecule has 0 aromatic rings. The van der Waals surface area contributed by atoms with Gasteiger partial charge in [-0.2, -0.15) is 0 Å². The van der Waals surface area contributed by atoms with E-state index in [2.05, 4.69) is 24.2 Å². The normalized spacial score (nSPS) is 24.6. The highest BCUT2D eigenvalue weighted by molar-refractivity contribution is 5.76. The number of carbonyl (C=O) groups is 2. The lowest BCUT2D eigenvalue weighted by Crippen LogP contribution is -2.47. The lowest BCUT2D eigenvalue weighted by atomic mass is 9.80. The van der Waals surface area contributed by atoms with Crippen LogP contribution in [0.4, 0.5) is 0 Å². The molecule has 0 spiro atoms. The van der Waals surface area contributed by atoms with Gasteiger partial charge in [-0.05, 0) is 31.6 Å². The lowest BCUT2D eigenvalue weighted by molar-refractivity contribution is -0.141. The fourth-order valence-corrected chi connectivity index (χ4v) is 4.03. The number of carboxylic acids is 1. The zero-order chi connectivity index (χ0) is 18.3. The average Bonchev–Trinajstić information content (AvgIpc) is 2.87. The summed E-state index contributed by atoms with van der Waals surface area (Å²) >= 11 is 0. The van der Waals surface area contributed by atoms with Gasteiger partial charge < -0.3 is 21.9 Å². The Kier molecular flexibility index (Phi) is 8.01. The first-order valence-electron chi connectivity index (χ1n) is 8.88. The number of carboxylic acid groups (broad SMARTS) is 1. The first kappa shape index (κ1) is 20.3. The third-order valence-electron chi connectivity index (χ3n) is 4.90. The van der Waals surface area contributed by atoms with E-state index in [1.54, 1.807) is 0 Å². The molecule has 0 saturated heterocycles. The number of nitrogens with one attached hydrogen (secondary N) is 1. The molecule has 1 saturated carbocycles. The van der Waals surface area contributed by atoms with Gasteiger partial charge in [-0.3, -0.25) is 9.59 Å². The first-order valence-corrected chi connectivity index (χ1v) is 8.88. The molecule has 7 heteroatoms. The van der Waals surface area contributed by atoms with Crippen LogP contribution in [0.15, 0.2) is 4.99 Å². The van der Waals surface area contributed by atoms with Gasteiger partial charge in [-0.25, -0.2) is 4.99 Å². The Labute approximate surface area is 144 Å². The fourth-order valence-electron chi connectivity index (χ4n) is 4.03. The predicted molar refractivity (Wildman–Crippen MR) is 94.4 cm³/mol. The van der Waals surface area contributed by atoms with Gasteiger partial charge in [0, 0.05) is 18.9 Å². The summed E-state index contributed by atoms with van der Waals surface area (Å²) in [7, 11) is 0. The van der Waals surface area contributed by atoms with E-state index in [0.29, 0.717) is 18.8 Å². The summed E-state index contributed by atoms with van der Waals surface area (Å²) in [5.41, 5.74) is 11.1. The van der Waals surface area contributed by atoms with Crippen molar-refractivity contribution in [3.63, 3.8) is 0 Å². The third-order valence-corrected chi connectivity index (χ3v) is 4.90. The van der Waals surface area contributed by atoms with Gasteiger partial charge in [-0.1, -0.05) is 26.7 Å². The maximum absolute atomic E-state index is 11.8. The van der Waals surface area contributed by atoms with Crippen molar-refractivity contribution >= 4 is 17.8 Å². The molecule has 0 aliphatic heterocycles. The summed E-state index contributed by atoms with van der Waals surface area (Å²) < 4.78 is 0. The Morgan fingerprint density at radius 2 is 1.79 bits per heavy atom. The molecule has 1 aliphatic rings. The van der Waals surface area contributed by atoms with Gasteiger partial charge in [0.05, 0.1) is 12.0 Å². The van der Waals surface area contributed by atoms with Gasteiger partial charge in [0.15, 0.2) is 5.96 Å². The Morgan fingerprint density at radius 3 is 2.21 bits per heavy atom. The molecule has 6 N–H and O–H groups in total. The van der Waals surface area contributed by atoms with Gasteiger partial charge in [0.2, 0.25) is 5.91 Å². The Balaban J connectivity index is 3.12. The van der Waals surface area contributed by atoms with E-state index in [4.69, 9.17) is 11.5 Å². The maximum Gasteiger partial charge on any atom is 0.306 e. The van der Waals surface area contributed by atoms with Crippen molar-refractivity contribution in [2.75, 3.05) is 0 Å². The van der Waals surface area contributed by atoms with E-state index in [1.165, 1.54) is 6.92 Å². The van der Waals surface area contributed by atoms with Crippen molar-refractivity contribution in [1.29, 1.82) is 0 Å². The Morgan fingerprint density at radius 1 is 1.21 bits per heavy atom. The Bertz CT molecular complexity index is 457. The summed E-state index contributed by atoms with van der Waals surface area (Å²) in [5, 5.41) is 12.5. The summed E-state index contributed by atoms with van der Waals surface area (Å²) in [4.78, 5) is 27.5. The first-order chi connectivity index (χ1) is 11.3. The van der Waals surface area contributed by atoms with Crippen LogP contribution in [0.1, 0.15) is 59.3 Å². The lowest BCUT2D eigenvalue weighted by Gasteiger charge is -2.34. The molecule has 1 amide bonds. The standard InChI is InChI=1S/C17H32N4O3/c1-4-6-11(7-5-2)15(20-10(3)22)13-8-12(16(23)24)9-14(13)21-17(18)19/h11-15H,4-9H2,1-3H3,(H,20,22)(H,23,24)(H4,18,19,21)/t12-,13+,14-,15+/m1/s1. The number of nitrogens with zero attached hydrogens (tertiary/aromatic N) is 1. The molecule has 4 atom stereocenters. The molecular weight excluding hydrogens is 308 g/mol. The largest absolute Gasteiger partial charge is 0.481 e. The van der Waals surface area contributed by atoms with Crippen LogP contribution < -0.4 is 16.8 Å². The van der Waals surface area contributed by atoms with Crippen molar-refractivity contribution in [2.24, 2.45) is 34.2 Å². The van der Waals surface area contributed by atoms with E-state index >= 15 is 0 Å². The van der Waals surface area contributed by atoms with Gasteiger partial charge in [0.1, 0.15) is 0 Å². The van der Waals surface area contributed by atoms with Gasteiger partial charge in [0.25, 0.3) is 0 Å². The van der Waals surface area contributed by atoms with Crippen molar-refractivity contribution in [1.82, 2.24) is 5.32 Å². The molecule has 0 unspecified atom stereocenters. The minimum Gasteiger partial charge on any atom is -0.481 e. The van der Waals surface area contributed by atoms with Crippen LogP contribution in [-0.2, 0) is 9.59 Å². The number of aliphatic carboxylic acids is 1. The second-order valence-electron chi connectivity index (χ2n) is 6.86. The SMILES string of the molecule is CCCC(CCC)[C@H](NC(C)=O)[C@H]1C[C@@H](C(=O)O)C[C@H]1N=C(N)N. The predicted octanol–water partition coefficient (Wildman–Crippen LogP) is 1.46. The maximum atomic E-state index is 11.8. The van der Waals surface area contributed by atoms with Crippen molar-refractivity contribution in [3.8, 4) is 0 Å². The summed E-state index contributed by atoms with van der Waals surface area (Å²) in [6.45, 7) is 5.74. The van der Waals surface area contributed by atoms with Gasteiger partial charge in [-0.15, -0.1) is 0 Å². The topological polar surface area (TPSA) is 131 Å². The zero-order valence-electron chi connectivity index (χ0n) is 15.0. The van der Waals surface area contributed by atoms with Crippen molar-refractivity contribution < 1.29 is 14.7 Å². The van der Waals surface area contributed by atoms with E-state index in [-0.39, 0.29) is 29.9 Å². The minimum atomic E-state index is -0.822.